The summed E-state index contributed by atoms with van der Waals surface area (Å²) in [4.78, 5) is 23.3. The summed E-state index contributed by atoms with van der Waals surface area (Å²) in [6, 6.07) is 5.89. The monoisotopic (exact) mass is 326 g/mol. The maximum atomic E-state index is 11.9. The number of hydrogen-bond donors (Lipinski definition) is 2. The maximum absolute atomic E-state index is 11.9. The molecule has 1 amide bonds. The van der Waals surface area contributed by atoms with E-state index in [0.717, 1.165) is 0 Å². The van der Waals surface area contributed by atoms with Crippen LogP contribution in [0.1, 0.15) is 6.42 Å². The highest BCUT2D eigenvalue weighted by Crippen LogP contribution is 2.32. The third kappa shape index (κ3) is 3.96. The van der Waals surface area contributed by atoms with Crippen molar-refractivity contribution in [1.29, 1.82) is 0 Å². The highest BCUT2D eigenvalue weighted by Gasteiger charge is 2.11. The predicted molar refractivity (Wildman–Crippen MR) is 82.6 cm³/mol. The molecule has 0 bridgehead atoms. The highest BCUT2D eigenvalue weighted by atomic mass is 35.5. The molecule has 2 rings (SSSR count). The molecule has 3 N–H and O–H groups in total. The number of nitrogens with one attached hydrogen (secondary N) is 1. The molecule has 0 saturated heterocycles. The molecule has 1 heterocycles. The number of rotatable bonds is 4. The fourth-order valence-electron chi connectivity index (χ4n) is 1.68. The minimum Gasteiger partial charge on any atom is -0.399 e. The zero-order chi connectivity index (χ0) is 15.4. The second-order valence-electron chi connectivity index (χ2n) is 4.24. The molecule has 8 heteroatoms. The summed E-state index contributed by atoms with van der Waals surface area (Å²) in [5.74, 6) is -0.332. The number of carbonyl (C=O) groups excluding carboxylic acids is 1. The van der Waals surface area contributed by atoms with Crippen LogP contribution in [0, 0.1) is 0 Å². The Morgan fingerprint density at radius 3 is 2.62 bits per heavy atom. The Hall–Kier alpha value is -2.05. The van der Waals surface area contributed by atoms with Crippen molar-refractivity contribution < 1.29 is 4.79 Å². The zero-order valence-electron chi connectivity index (χ0n) is 10.8. The van der Waals surface area contributed by atoms with Gasteiger partial charge in [0.05, 0.1) is 22.3 Å². The van der Waals surface area contributed by atoms with Gasteiger partial charge >= 0.3 is 0 Å². The van der Waals surface area contributed by atoms with Crippen molar-refractivity contribution in [3.63, 3.8) is 0 Å². The third-order valence-electron chi connectivity index (χ3n) is 2.66. The Kier molecular flexibility index (Phi) is 4.82. The van der Waals surface area contributed by atoms with E-state index in [9.17, 15) is 9.59 Å². The van der Waals surface area contributed by atoms with Gasteiger partial charge in [0.25, 0.3) is 5.56 Å². The number of aromatic nitrogens is 2. The number of hydrogen-bond acceptors (Lipinski definition) is 4. The van der Waals surface area contributed by atoms with Crippen LogP contribution in [0.3, 0.4) is 0 Å². The molecule has 0 atom stereocenters. The lowest BCUT2D eigenvalue weighted by molar-refractivity contribution is -0.116. The van der Waals surface area contributed by atoms with Crippen molar-refractivity contribution in [2.45, 2.75) is 13.0 Å². The van der Waals surface area contributed by atoms with E-state index < -0.39 is 0 Å². The number of amides is 1. The van der Waals surface area contributed by atoms with E-state index >= 15 is 0 Å². The molecule has 0 radical (unpaired) electrons. The lowest BCUT2D eigenvalue weighted by atomic mass is 10.2. The summed E-state index contributed by atoms with van der Waals surface area (Å²) in [5, 5.41) is 6.96. The molecule has 0 spiro atoms. The third-order valence-corrected chi connectivity index (χ3v) is 3.26. The molecule has 1 aromatic heterocycles. The maximum Gasteiger partial charge on any atom is 0.266 e. The van der Waals surface area contributed by atoms with E-state index in [1.807, 2.05) is 0 Å². The normalized spacial score (nSPS) is 10.4. The van der Waals surface area contributed by atoms with Crippen molar-refractivity contribution in [2.24, 2.45) is 0 Å². The Balaban J connectivity index is 2.03. The van der Waals surface area contributed by atoms with E-state index in [1.54, 1.807) is 0 Å². The summed E-state index contributed by atoms with van der Waals surface area (Å²) in [7, 11) is 0. The summed E-state index contributed by atoms with van der Waals surface area (Å²) in [6.07, 6.45) is 1.54. The van der Waals surface area contributed by atoms with Gasteiger partial charge in [0, 0.05) is 24.4 Å². The quantitative estimate of drug-likeness (QED) is 0.842. The van der Waals surface area contributed by atoms with Gasteiger partial charge in [-0.05, 0) is 18.2 Å². The van der Waals surface area contributed by atoms with Gasteiger partial charge in [-0.25, -0.2) is 4.68 Å². The molecule has 2 aromatic rings. The van der Waals surface area contributed by atoms with Crippen LogP contribution in [0.15, 0.2) is 35.3 Å². The van der Waals surface area contributed by atoms with E-state index in [-0.39, 0.29) is 34.5 Å². The average Bonchev–Trinajstić information content (AvgIpc) is 2.42. The summed E-state index contributed by atoms with van der Waals surface area (Å²) in [5.41, 5.74) is 6.02. The van der Waals surface area contributed by atoms with Gasteiger partial charge in [-0.3, -0.25) is 9.59 Å². The molecule has 0 saturated carbocycles. The lowest BCUT2D eigenvalue weighted by Gasteiger charge is -2.10. The highest BCUT2D eigenvalue weighted by molar-refractivity contribution is 6.40. The second kappa shape index (κ2) is 6.60. The smallest absolute Gasteiger partial charge is 0.266 e. The van der Waals surface area contributed by atoms with Crippen molar-refractivity contribution in [3.05, 3.63) is 50.9 Å². The number of anilines is 2. The molecule has 21 heavy (non-hydrogen) atoms. The second-order valence-corrected chi connectivity index (χ2v) is 5.06. The number of benzene rings is 1. The number of carbonyl (C=O) groups is 1. The summed E-state index contributed by atoms with van der Waals surface area (Å²) >= 11 is 11.9. The molecule has 0 aliphatic carbocycles. The molecule has 0 unspecified atom stereocenters. The molecule has 6 nitrogen and oxygen atoms in total. The number of nitrogen functional groups attached to an aromatic ring is 1. The van der Waals surface area contributed by atoms with Gasteiger partial charge in [-0.2, -0.15) is 5.10 Å². The lowest BCUT2D eigenvalue weighted by Crippen LogP contribution is -2.24. The van der Waals surface area contributed by atoms with E-state index in [0.29, 0.717) is 11.4 Å². The summed E-state index contributed by atoms with van der Waals surface area (Å²) < 4.78 is 1.20. The number of aryl methyl sites for hydroxylation is 1. The molecule has 0 aliphatic rings. The average molecular weight is 327 g/mol. The van der Waals surface area contributed by atoms with Crippen molar-refractivity contribution in [1.82, 2.24) is 9.78 Å². The fourth-order valence-corrected chi connectivity index (χ4v) is 2.28. The van der Waals surface area contributed by atoms with Crippen LogP contribution < -0.4 is 16.6 Å². The van der Waals surface area contributed by atoms with Crippen molar-refractivity contribution in [3.8, 4) is 0 Å². The molecule has 0 fully saturated rings. The Bertz CT molecular complexity index is 707. The Morgan fingerprint density at radius 1 is 1.33 bits per heavy atom. The largest absolute Gasteiger partial charge is 0.399 e. The Morgan fingerprint density at radius 2 is 2.00 bits per heavy atom. The fraction of sp³-hybridized carbons (Fsp3) is 0.154. The van der Waals surface area contributed by atoms with Crippen molar-refractivity contribution >= 4 is 40.5 Å². The van der Waals surface area contributed by atoms with Crippen molar-refractivity contribution in [2.75, 3.05) is 11.1 Å². The van der Waals surface area contributed by atoms with E-state index in [4.69, 9.17) is 28.9 Å². The van der Waals surface area contributed by atoms with Gasteiger partial charge in [0.15, 0.2) is 0 Å². The number of halogens is 2. The molecule has 110 valence electrons. The Labute approximate surface area is 130 Å². The first-order valence-corrected chi connectivity index (χ1v) is 6.79. The first-order valence-electron chi connectivity index (χ1n) is 6.04. The SMILES string of the molecule is Nc1cc(Cl)c(NC(=O)CCn2ncccc2=O)c(Cl)c1. The molecular weight excluding hydrogens is 315 g/mol. The van der Waals surface area contributed by atoms with Crippen LogP contribution in [-0.4, -0.2) is 15.7 Å². The zero-order valence-corrected chi connectivity index (χ0v) is 12.4. The number of nitrogens with zero attached hydrogens (tertiary/aromatic N) is 2. The van der Waals surface area contributed by atoms with Gasteiger partial charge < -0.3 is 11.1 Å². The first-order chi connectivity index (χ1) is 9.97. The van der Waals surface area contributed by atoms with Gasteiger partial charge in [-0.15, -0.1) is 0 Å². The van der Waals surface area contributed by atoms with Crippen LogP contribution >= 0.6 is 23.2 Å². The molecular formula is C13H12Cl2N4O2. The topological polar surface area (TPSA) is 90.0 Å². The predicted octanol–water partition coefficient (Wildman–Crippen LogP) is 2.16. The van der Waals surface area contributed by atoms with Crippen LogP contribution in [0.25, 0.3) is 0 Å². The van der Waals surface area contributed by atoms with Crippen LogP contribution in [-0.2, 0) is 11.3 Å². The standard InChI is InChI=1S/C13H12Cl2N4O2/c14-9-6-8(16)7-10(15)13(9)18-11(20)3-5-19-12(21)2-1-4-17-19/h1-2,4,6-7H,3,5,16H2,(H,18,20). The van der Waals surface area contributed by atoms with Gasteiger partial charge in [-0.1, -0.05) is 23.2 Å². The number of nitrogens with two attached hydrogens (primary N) is 1. The summed E-state index contributed by atoms with van der Waals surface area (Å²) in [6.45, 7) is 0.162. The van der Waals surface area contributed by atoms with Gasteiger partial charge in [0.2, 0.25) is 5.91 Å². The van der Waals surface area contributed by atoms with Gasteiger partial charge in [0.1, 0.15) is 0 Å². The van der Waals surface area contributed by atoms with Crippen LogP contribution in [0.4, 0.5) is 11.4 Å². The van der Waals surface area contributed by atoms with Crippen LogP contribution in [0.5, 0.6) is 0 Å². The van der Waals surface area contributed by atoms with Crippen LogP contribution in [0.2, 0.25) is 10.0 Å². The minimum absolute atomic E-state index is 0.0634. The first kappa shape index (κ1) is 15.3. The minimum atomic E-state index is -0.332. The molecule has 0 aliphatic heterocycles. The molecule has 1 aromatic carbocycles. The van der Waals surface area contributed by atoms with E-state index in [2.05, 4.69) is 10.4 Å². The van der Waals surface area contributed by atoms with E-state index in [1.165, 1.54) is 35.1 Å².